The van der Waals surface area contributed by atoms with E-state index in [1.165, 1.54) is 6.19 Å². The molecule has 0 aromatic carbocycles. The van der Waals surface area contributed by atoms with Crippen LogP contribution in [0.4, 0.5) is 0 Å². The third-order valence-electron chi connectivity index (χ3n) is 1.52. The summed E-state index contributed by atoms with van der Waals surface area (Å²) < 4.78 is 0. The molecule has 0 saturated carbocycles. The van der Waals surface area contributed by atoms with Crippen molar-refractivity contribution in [3.63, 3.8) is 0 Å². The standard InChI is InChI=1S/C6H12N2.C2H4N4/c1-3-8-5-4-7(2)6-8;3-1-6-2(4)5/h4-5H,3,6H2,1-2H3;(H4,4,5,6). The second-order valence-electron chi connectivity index (χ2n) is 2.74. The Morgan fingerprint density at radius 1 is 1.57 bits per heavy atom. The maximum atomic E-state index is 7.64. The summed E-state index contributed by atoms with van der Waals surface area (Å²) in [5.41, 5.74) is 9.42. The summed E-state index contributed by atoms with van der Waals surface area (Å²) in [6.07, 6.45) is 5.60. The van der Waals surface area contributed by atoms with Crippen molar-refractivity contribution in [2.24, 2.45) is 16.5 Å². The van der Waals surface area contributed by atoms with Gasteiger partial charge in [-0.15, -0.1) is 4.99 Å². The van der Waals surface area contributed by atoms with Crippen LogP contribution in [0.2, 0.25) is 0 Å². The molecule has 0 unspecified atom stereocenters. The van der Waals surface area contributed by atoms with Gasteiger partial charge in [-0.2, -0.15) is 5.26 Å². The summed E-state index contributed by atoms with van der Waals surface area (Å²) in [6, 6.07) is 0. The SMILES string of the molecule is CCN1C=CN(C)C1.N#CN=C(N)N. The monoisotopic (exact) mass is 196 g/mol. The van der Waals surface area contributed by atoms with E-state index in [4.69, 9.17) is 16.7 Å². The van der Waals surface area contributed by atoms with Gasteiger partial charge in [0, 0.05) is 26.0 Å². The van der Waals surface area contributed by atoms with Gasteiger partial charge in [0.25, 0.3) is 0 Å². The van der Waals surface area contributed by atoms with E-state index in [0.717, 1.165) is 13.2 Å². The first kappa shape index (κ1) is 12.1. The predicted molar refractivity (Wildman–Crippen MR) is 55.6 cm³/mol. The van der Waals surface area contributed by atoms with Gasteiger partial charge in [-0.3, -0.25) is 0 Å². The molecule has 4 N–H and O–H groups in total. The number of nitrogens with two attached hydrogens (primary N) is 2. The Hall–Kier alpha value is -1.90. The zero-order valence-corrected chi connectivity index (χ0v) is 8.51. The lowest BCUT2D eigenvalue weighted by atomic mass is 10.6. The zero-order chi connectivity index (χ0) is 11.0. The van der Waals surface area contributed by atoms with Crippen molar-refractivity contribution in [3.8, 4) is 6.19 Å². The lowest BCUT2D eigenvalue weighted by molar-refractivity contribution is 0.308. The number of hydrogen-bond donors (Lipinski definition) is 2. The summed E-state index contributed by atoms with van der Waals surface area (Å²) in [4.78, 5) is 7.31. The topological polar surface area (TPSA) is 94.7 Å². The molecule has 0 saturated heterocycles. The summed E-state index contributed by atoms with van der Waals surface area (Å²) in [5.74, 6) is -0.197. The molecule has 1 aliphatic heterocycles. The minimum atomic E-state index is -0.197. The molecule has 0 bridgehead atoms. The quantitative estimate of drug-likeness (QED) is 0.332. The van der Waals surface area contributed by atoms with Gasteiger partial charge in [-0.25, -0.2) is 0 Å². The molecular formula is C8H16N6. The molecule has 0 aromatic rings. The first-order chi connectivity index (χ1) is 6.60. The maximum absolute atomic E-state index is 7.64. The highest BCUT2D eigenvalue weighted by Gasteiger charge is 2.03. The van der Waals surface area contributed by atoms with Gasteiger partial charge in [-0.05, 0) is 6.92 Å². The first-order valence-electron chi connectivity index (χ1n) is 4.20. The van der Waals surface area contributed by atoms with Crippen LogP contribution in [0.25, 0.3) is 0 Å². The van der Waals surface area contributed by atoms with Crippen molar-refractivity contribution in [1.82, 2.24) is 9.80 Å². The molecule has 14 heavy (non-hydrogen) atoms. The van der Waals surface area contributed by atoms with Gasteiger partial charge in [0.1, 0.15) is 0 Å². The van der Waals surface area contributed by atoms with Gasteiger partial charge in [0.2, 0.25) is 12.2 Å². The van der Waals surface area contributed by atoms with Crippen LogP contribution >= 0.6 is 0 Å². The molecule has 78 valence electrons. The number of hydrogen-bond acceptors (Lipinski definition) is 4. The highest BCUT2D eigenvalue weighted by Crippen LogP contribution is 2.00. The fraction of sp³-hybridized carbons (Fsp3) is 0.500. The minimum Gasteiger partial charge on any atom is -0.369 e. The molecule has 6 heteroatoms. The van der Waals surface area contributed by atoms with Crippen molar-refractivity contribution in [3.05, 3.63) is 12.4 Å². The number of aliphatic imine (C=N–C) groups is 1. The smallest absolute Gasteiger partial charge is 0.209 e. The second-order valence-corrected chi connectivity index (χ2v) is 2.74. The van der Waals surface area contributed by atoms with E-state index in [1.807, 2.05) is 0 Å². The molecule has 0 spiro atoms. The summed E-state index contributed by atoms with van der Waals surface area (Å²) in [7, 11) is 2.08. The molecule has 1 heterocycles. The van der Waals surface area contributed by atoms with E-state index in [2.05, 4.69) is 41.2 Å². The summed E-state index contributed by atoms with van der Waals surface area (Å²) in [5, 5.41) is 7.64. The first-order valence-corrected chi connectivity index (χ1v) is 4.20. The Morgan fingerprint density at radius 3 is 2.36 bits per heavy atom. The van der Waals surface area contributed by atoms with Crippen LogP contribution in [0.5, 0.6) is 0 Å². The third-order valence-corrected chi connectivity index (χ3v) is 1.52. The molecule has 0 amide bonds. The molecule has 1 aliphatic rings. The van der Waals surface area contributed by atoms with Crippen LogP contribution in [0, 0.1) is 11.5 Å². The van der Waals surface area contributed by atoms with Crippen molar-refractivity contribution in [1.29, 1.82) is 5.26 Å². The van der Waals surface area contributed by atoms with Crippen molar-refractivity contribution < 1.29 is 0 Å². The molecule has 0 atom stereocenters. The van der Waals surface area contributed by atoms with Crippen LogP contribution in [0.1, 0.15) is 6.92 Å². The van der Waals surface area contributed by atoms with Gasteiger partial charge >= 0.3 is 0 Å². The summed E-state index contributed by atoms with van der Waals surface area (Å²) >= 11 is 0. The maximum Gasteiger partial charge on any atom is 0.209 e. The lowest BCUT2D eigenvalue weighted by Crippen LogP contribution is -2.21. The number of rotatable bonds is 1. The lowest BCUT2D eigenvalue weighted by Gasteiger charge is -2.14. The van der Waals surface area contributed by atoms with Gasteiger partial charge in [0.05, 0.1) is 6.67 Å². The number of nitriles is 1. The fourth-order valence-electron chi connectivity index (χ4n) is 0.852. The predicted octanol–water partition coefficient (Wildman–Crippen LogP) is -0.577. The number of guanidine groups is 1. The van der Waals surface area contributed by atoms with Crippen LogP contribution in [0.3, 0.4) is 0 Å². The Labute approximate surface area is 84.1 Å². The highest BCUT2D eigenvalue weighted by atomic mass is 15.3. The zero-order valence-electron chi connectivity index (χ0n) is 8.51. The number of nitrogens with zero attached hydrogens (tertiary/aromatic N) is 4. The third kappa shape index (κ3) is 5.71. The largest absolute Gasteiger partial charge is 0.369 e. The van der Waals surface area contributed by atoms with E-state index >= 15 is 0 Å². The molecule has 0 radical (unpaired) electrons. The van der Waals surface area contributed by atoms with E-state index < -0.39 is 0 Å². The van der Waals surface area contributed by atoms with E-state index in [1.54, 1.807) is 0 Å². The van der Waals surface area contributed by atoms with Gasteiger partial charge in [0.15, 0.2) is 0 Å². The molecule has 6 nitrogen and oxygen atoms in total. The van der Waals surface area contributed by atoms with Crippen molar-refractivity contribution in [2.45, 2.75) is 6.92 Å². The van der Waals surface area contributed by atoms with E-state index in [0.29, 0.717) is 0 Å². The Kier molecular flexibility index (Phi) is 5.70. The average Bonchev–Trinajstić information content (AvgIpc) is 2.52. The van der Waals surface area contributed by atoms with Crippen LogP contribution in [-0.4, -0.2) is 36.0 Å². The highest BCUT2D eigenvalue weighted by molar-refractivity contribution is 5.76. The summed E-state index contributed by atoms with van der Waals surface area (Å²) in [6.45, 7) is 4.32. The average molecular weight is 196 g/mol. The minimum absolute atomic E-state index is 0.197. The van der Waals surface area contributed by atoms with Crippen LogP contribution in [-0.2, 0) is 0 Å². The normalized spacial score (nSPS) is 12.9. The van der Waals surface area contributed by atoms with Crippen LogP contribution < -0.4 is 11.5 Å². The molecular weight excluding hydrogens is 180 g/mol. The molecule has 0 aromatic heterocycles. The van der Waals surface area contributed by atoms with Crippen molar-refractivity contribution >= 4 is 5.96 Å². The van der Waals surface area contributed by atoms with Gasteiger partial charge < -0.3 is 21.3 Å². The molecule has 0 aliphatic carbocycles. The Bertz CT molecular complexity index is 247. The Balaban J connectivity index is 0.000000255. The molecule has 0 fully saturated rings. The Morgan fingerprint density at radius 2 is 2.21 bits per heavy atom. The van der Waals surface area contributed by atoms with E-state index in [9.17, 15) is 0 Å². The second kappa shape index (κ2) is 6.60. The fourth-order valence-corrected chi connectivity index (χ4v) is 0.852. The molecule has 1 rings (SSSR count). The van der Waals surface area contributed by atoms with E-state index in [-0.39, 0.29) is 5.96 Å². The van der Waals surface area contributed by atoms with Crippen LogP contribution in [0.15, 0.2) is 17.4 Å². The van der Waals surface area contributed by atoms with Gasteiger partial charge in [-0.1, -0.05) is 0 Å². The van der Waals surface area contributed by atoms with Crippen molar-refractivity contribution in [2.75, 3.05) is 20.3 Å².